The van der Waals surface area contributed by atoms with Gasteiger partial charge in [0.1, 0.15) is 5.75 Å². The summed E-state index contributed by atoms with van der Waals surface area (Å²) in [7, 11) is -5.58. The molecule has 3 aromatic carbocycles. The van der Waals surface area contributed by atoms with Crippen molar-refractivity contribution in [2.45, 2.75) is 12.1 Å². The number of sulfonamides is 1. The van der Waals surface area contributed by atoms with Crippen molar-refractivity contribution in [3.63, 3.8) is 0 Å². The number of benzene rings is 3. The SMILES string of the molecule is NC(=O)c1cccc2c1c1c(OCNS(=O)(=O)C(F)(F)F)cccc1n2Cc1ccccc1. The van der Waals surface area contributed by atoms with Crippen molar-refractivity contribution in [3.05, 3.63) is 77.9 Å². The van der Waals surface area contributed by atoms with Gasteiger partial charge in [-0.3, -0.25) is 4.79 Å². The summed E-state index contributed by atoms with van der Waals surface area (Å²) in [6.07, 6.45) is 0. The maximum Gasteiger partial charge on any atom is 0.511 e. The number of primary amides is 1. The molecule has 0 spiro atoms. The van der Waals surface area contributed by atoms with E-state index < -0.39 is 28.2 Å². The second-order valence-corrected chi connectivity index (χ2v) is 8.93. The van der Waals surface area contributed by atoms with Crippen LogP contribution in [0, 0.1) is 0 Å². The van der Waals surface area contributed by atoms with Gasteiger partial charge < -0.3 is 15.0 Å². The monoisotopic (exact) mass is 477 g/mol. The van der Waals surface area contributed by atoms with E-state index in [1.165, 1.54) is 10.8 Å². The minimum atomic E-state index is -5.58. The third-order valence-electron chi connectivity index (χ3n) is 5.11. The number of nitrogens with zero attached hydrogens (tertiary/aromatic N) is 1. The first-order valence-electron chi connectivity index (χ1n) is 9.66. The number of carbonyl (C=O) groups is 1. The molecular formula is C22H18F3N3O4S. The number of nitrogens with two attached hydrogens (primary N) is 1. The van der Waals surface area contributed by atoms with Crippen LogP contribution >= 0.6 is 0 Å². The second kappa shape index (κ2) is 8.41. The maximum absolute atomic E-state index is 12.6. The lowest BCUT2D eigenvalue weighted by molar-refractivity contribution is -0.0452. The van der Waals surface area contributed by atoms with Crippen LogP contribution in [0.3, 0.4) is 0 Å². The van der Waals surface area contributed by atoms with Gasteiger partial charge in [0.2, 0.25) is 5.91 Å². The molecule has 0 aliphatic rings. The molecule has 33 heavy (non-hydrogen) atoms. The van der Waals surface area contributed by atoms with E-state index in [2.05, 4.69) is 0 Å². The molecule has 172 valence electrons. The topological polar surface area (TPSA) is 103 Å². The molecule has 4 aromatic rings. The van der Waals surface area contributed by atoms with E-state index in [1.807, 2.05) is 34.9 Å². The number of hydrogen-bond donors (Lipinski definition) is 2. The summed E-state index contributed by atoms with van der Waals surface area (Å²) in [6, 6.07) is 19.4. The Hall–Kier alpha value is -3.57. The lowest BCUT2D eigenvalue weighted by Crippen LogP contribution is -2.38. The molecule has 1 aromatic heterocycles. The molecule has 0 aliphatic carbocycles. The van der Waals surface area contributed by atoms with E-state index in [4.69, 9.17) is 10.5 Å². The van der Waals surface area contributed by atoms with Crippen LogP contribution in [0.15, 0.2) is 66.7 Å². The summed E-state index contributed by atoms with van der Waals surface area (Å²) >= 11 is 0. The van der Waals surface area contributed by atoms with Crippen molar-refractivity contribution in [1.29, 1.82) is 0 Å². The molecule has 0 bridgehead atoms. The highest BCUT2D eigenvalue weighted by atomic mass is 32.2. The van der Waals surface area contributed by atoms with Crippen LogP contribution in [0.5, 0.6) is 5.75 Å². The van der Waals surface area contributed by atoms with E-state index in [1.54, 1.807) is 30.3 Å². The van der Waals surface area contributed by atoms with E-state index in [0.29, 0.717) is 28.4 Å². The van der Waals surface area contributed by atoms with Crippen LogP contribution in [0.1, 0.15) is 15.9 Å². The minimum Gasteiger partial charge on any atom is -0.477 e. The summed E-state index contributed by atoms with van der Waals surface area (Å²) in [4.78, 5) is 12.1. The van der Waals surface area contributed by atoms with Crippen LogP contribution < -0.4 is 15.2 Å². The van der Waals surface area contributed by atoms with Gasteiger partial charge in [0, 0.05) is 17.5 Å². The predicted octanol–water partition coefficient (Wildman–Crippen LogP) is 3.72. The van der Waals surface area contributed by atoms with Gasteiger partial charge >= 0.3 is 15.5 Å². The van der Waals surface area contributed by atoms with E-state index in [9.17, 15) is 26.4 Å². The number of ether oxygens (including phenoxy) is 1. The van der Waals surface area contributed by atoms with Crippen molar-refractivity contribution in [2.24, 2.45) is 5.73 Å². The Balaban J connectivity index is 1.85. The van der Waals surface area contributed by atoms with Gasteiger partial charge in [-0.2, -0.15) is 17.9 Å². The standard InChI is InChI=1S/C22H18F3N3O4S/c23-22(24,25)33(30,31)27-13-32-18-11-5-10-17-20(18)19-15(21(26)29)8-4-9-16(19)28(17)12-14-6-2-1-3-7-14/h1-11,27H,12-13H2,(H2,26,29). The van der Waals surface area contributed by atoms with Crippen LogP contribution in [-0.4, -0.2) is 31.1 Å². The Bertz CT molecular complexity index is 1450. The highest BCUT2D eigenvalue weighted by Crippen LogP contribution is 2.38. The molecule has 0 aliphatic heterocycles. The Morgan fingerprint density at radius 1 is 0.939 bits per heavy atom. The Kier molecular flexibility index (Phi) is 5.76. The molecule has 1 amide bonds. The summed E-state index contributed by atoms with van der Waals surface area (Å²) < 4.78 is 69.1. The van der Waals surface area contributed by atoms with Gasteiger partial charge in [0.25, 0.3) is 0 Å². The number of amides is 1. The first-order valence-corrected chi connectivity index (χ1v) is 11.1. The average molecular weight is 477 g/mol. The smallest absolute Gasteiger partial charge is 0.477 e. The molecule has 1 heterocycles. The first-order chi connectivity index (χ1) is 15.6. The average Bonchev–Trinajstić information content (AvgIpc) is 3.08. The molecule has 7 nitrogen and oxygen atoms in total. The quantitative estimate of drug-likeness (QED) is 0.396. The van der Waals surface area contributed by atoms with Crippen molar-refractivity contribution in [2.75, 3.05) is 6.73 Å². The molecule has 0 saturated carbocycles. The van der Waals surface area contributed by atoms with E-state index in [-0.39, 0.29) is 11.3 Å². The molecule has 0 fully saturated rings. The van der Waals surface area contributed by atoms with E-state index in [0.717, 1.165) is 5.56 Å². The fourth-order valence-corrected chi connectivity index (χ4v) is 4.06. The van der Waals surface area contributed by atoms with Gasteiger partial charge in [-0.05, 0) is 29.8 Å². The lowest BCUT2D eigenvalue weighted by Gasteiger charge is -2.12. The summed E-state index contributed by atoms with van der Waals surface area (Å²) in [5.74, 6) is -0.588. The number of carbonyl (C=O) groups excluding carboxylic acids is 1. The molecular weight excluding hydrogens is 459 g/mol. The Labute approximate surface area is 186 Å². The lowest BCUT2D eigenvalue weighted by atomic mass is 10.1. The summed E-state index contributed by atoms with van der Waals surface area (Å²) in [5.41, 5.74) is 2.60. The van der Waals surface area contributed by atoms with Crippen molar-refractivity contribution in [1.82, 2.24) is 9.29 Å². The van der Waals surface area contributed by atoms with Gasteiger partial charge in [0.05, 0.1) is 16.4 Å². The number of halogens is 3. The zero-order valence-corrected chi connectivity index (χ0v) is 17.8. The van der Waals surface area contributed by atoms with Crippen LogP contribution in [-0.2, 0) is 16.6 Å². The number of nitrogens with one attached hydrogen (secondary N) is 1. The van der Waals surface area contributed by atoms with E-state index >= 15 is 0 Å². The summed E-state index contributed by atoms with van der Waals surface area (Å²) in [5, 5.41) is 0.897. The number of fused-ring (bicyclic) bond motifs is 3. The van der Waals surface area contributed by atoms with Crippen LogP contribution in [0.2, 0.25) is 0 Å². The molecule has 0 saturated heterocycles. The third-order valence-corrected chi connectivity index (χ3v) is 6.22. The zero-order valence-electron chi connectivity index (χ0n) is 17.0. The van der Waals surface area contributed by atoms with Crippen molar-refractivity contribution < 1.29 is 31.1 Å². The zero-order chi connectivity index (χ0) is 23.8. The molecule has 0 radical (unpaired) electrons. The van der Waals surface area contributed by atoms with Gasteiger partial charge in [-0.15, -0.1) is 0 Å². The number of alkyl halides is 3. The summed E-state index contributed by atoms with van der Waals surface area (Å²) in [6.45, 7) is -0.516. The van der Waals surface area contributed by atoms with Crippen molar-refractivity contribution >= 4 is 37.7 Å². The Morgan fingerprint density at radius 2 is 1.58 bits per heavy atom. The Morgan fingerprint density at radius 3 is 2.21 bits per heavy atom. The highest BCUT2D eigenvalue weighted by molar-refractivity contribution is 7.90. The van der Waals surface area contributed by atoms with Gasteiger partial charge in [-0.1, -0.05) is 42.5 Å². The molecule has 0 atom stereocenters. The fraction of sp³-hybridized carbons (Fsp3) is 0.136. The maximum atomic E-state index is 12.6. The largest absolute Gasteiger partial charge is 0.511 e. The molecule has 11 heteroatoms. The number of aromatic nitrogens is 1. The second-order valence-electron chi connectivity index (χ2n) is 7.17. The van der Waals surface area contributed by atoms with Crippen LogP contribution in [0.4, 0.5) is 13.2 Å². The number of hydrogen-bond acceptors (Lipinski definition) is 4. The highest BCUT2D eigenvalue weighted by Gasteiger charge is 2.45. The number of rotatable bonds is 7. The van der Waals surface area contributed by atoms with Crippen LogP contribution in [0.25, 0.3) is 21.8 Å². The first kappa shape index (κ1) is 22.6. The predicted molar refractivity (Wildman–Crippen MR) is 117 cm³/mol. The third kappa shape index (κ3) is 4.24. The molecule has 4 rings (SSSR count). The molecule has 0 unspecified atom stereocenters. The van der Waals surface area contributed by atoms with Gasteiger partial charge in [-0.25, -0.2) is 8.42 Å². The molecule has 3 N–H and O–H groups in total. The van der Waals surface area contributed by atoms with Crippen molar-refractivity contribution in [3.8, 4) is 5.75 Å². The normalized spacial score (nSPS) is 12.3. The fourth-order valence-electron chi connectivity index (χ4n) is 3.68. The minimum absolute atomic E-state index is 0.0999. The van der Waals surface area contributed by atoms with Gasteiger partial charge in [0.15, 0.2) is 6.73 Å².